The Labute approximate surface area is 109 Å². The van der Waals surface area contributed by atoms with Gasteiger partial charge in [0.25, 0.3) is 5.56 Å². The van der Waals surface area contributed by atoms with Crippen LogP contribution in [-0.4, -0.2) is 9.78 Å². The lowest BCUT2D eigenvalue weighted by atomic mass is 10.2. The van der Waals surface area contributed by atoms with E-state index in [-0.39, 0.29) is 5.56 Å². The highest BCUT2D eigenvalue weighted by molar-refractivity contribution is 9.10. The van der Waals surface area contributed by atoms with Gasteiger partial charge in [-0.1, -0.05) is 44.2 Å². The molecule has 0 bridgehead atoms. The van der Waals surface area contributed by atoms with Crippen LogP contribution in [-0.2, 0) is 6.54 Å². The van der Waals surface area contributed by atoms with E-state index >= 15 is 0 Å². The molecule has 90 valence electrons. The minimum atomic E-state index is -0.00227. The van der Waals surface area contributed by atoms with Crippen molar-refractivity contribution in [2.75, 3.05) is 0 Å². The van der Waals surface area contributed by atoms with Crippen LogP contribution in [0.25, 0.3) is 11.3 Å². The van der Waals surface area contributed by atoms with Crippen molar-refractivity contribution in [3.63, 3.8) is 0 Å². The zero-order chi connectivity index (χ0) is 12.4. The first-order valence-corrected chi connectivity index (χ1v) is 6.42. The molecule has 0 aliphatic heterocycles. The lowest BCUT2D eigenvalue weighted by Gasteiger charge is -2.04. The molecule has 1 aromatic carbocycles. The second-order valence-electron chi connectivity index (χ2n) is 4.48. The zero-order valence-electron chi connectivity index (χ0n) is 9.90. The molecule has 0 atom stereocenters. The summed E-state index contributed by atoms with van der Waals surface area (Å²) in [7, 11) is 0. The third-order valence-corrected chi connectivity index (χ3v) is 3.25. The second-order valence-corrected chi connectivity index (χ2v) is 5.27. The Balaban J connectivity index is 2.47. The fourth-order valence-electron chi connectivity index (χ4n) is 1.75. The number of benzene rings is 1. The van der Waals surface area contributed by atoms with Gasteiger partial charge in [-0.25, -0.2) is 0 Å². The summed E-state index contributed by atoms with van der Waals surface area (Å²) < 4.78 is 2.25. The third kappa shape index (κ3) is 2.52. The van der Waals surface area contributed by atoms with Crippen LogP contribution in [0.3, 0.4) is 0 Å². The average Bonchev–Trinajstić information content (AvgIpc) is 2.58. The Morgan fingerprint density at radius 3 is 2.53 bits per heavy atom. The number of nitrogens with one attached hydrogen (secondary N) is 1. The molecule has 0 fully saturated rings. The number of halogens is 1. The van der Waals surface area contributed by atoms with Crippen LogP contribution in [0.5, 0.6) is 0 Å². The monoisotopic (exact) mass is 294 g/mol. The minimum absolute atomic E-state index is 0.00227. The first-order chi connectivity index (χ1) is 8.09. The number of H-pyrrole nitrogens is 1. The molecule has 0 amide bonds. The molecule has 2 aromatic rings. The van der Waals surface area contributed by atoms with Crippen LogP contribution in [0.1, 0.15) is 13.8 Å². The number of hydrogen-bond acceptors (Lipinski definition) is 1. The highest BCUT2D eigenvalue weighted by Gasteiger charge is 2.13. The first-order valence-electron chi connectivity index (χ1n) is 5.63. The van der Waals surface area contributed by atoms with E-state index in [1.54, 1.807) is 4.68 Å². The molecule has 0 aliphatic rings. The Kier molecular flexibility index (Phi) is 3.52. The van der Waals surface area contributed by atoms with E-state index in [1.165, 1.54) is 0 Å². The summed E-state index contributed by atoms with van der Waals surface area (Å²) in [5.41, 5.74) is 1.85. The summed E-state index contributed by atoms with van der Waals surface area (Å²) in [6.45, 7) is 4.87. The lowest BCUT2D eigenvalue weighted by Crippen LogP contribution is -2.19. The molecule has 0 spiro atoms. The predicted octanol–water partition coefficient (Wildman–Crippen LogP) is 3.26. The Morgan fingerprint density at radius 2 is 1.94 bits per heavy atom. The summed E-state index contributed by atoms with van der Waals surface area (Å²) in [6, 6.07) is 9.84. The van der Waals surface area contributed by atoms with E-state index in [9.17, 15) is 4.79 Å². The van der Waals surface area contributed by atoms with Gasteiger partial charge in [0.2, 0.25) is 0 Å². The molecular formula is C13H15BrN2O. The molecule has 1 heterocycles. The number of aromatic nitrogens is 2. The smallest absolute Gasteiger partial charge is 0.281 e. The molecule has 0 aliphatic carbocycles. The summed E-state index contributed by atoms with van der Waals surface area (Å²) in [5.74, 6) is 0.432. The molecule has 2 rings (SSSR count). The van der Waals surface area contributed by atoms with Gasteiger partial charge in [-0.2, -0.15) is 0 Å². The van der Waals surface area contributed by atoms with Gasteiger partial charge in [-0.05, 0) is 21.8 Å². The van der Waals surface area contributed by atoms with Crippen molar-refractivity contribution in [3.05, 3.63) is 45.2 Å². The van der Waals surface area contributed by atoms with Gasteiger partial charge in [-0.3, -0.25) is 14.6 Å². The molecule has 0 saturated heterocycles. The first kappa shape index (κ1) is 12.2. The molecule has 1 aromatic heterocycles. The van der Waals surface area contributed by atoms with Crippen LogP contribution in [0, 0.1) is 5.92 Å². The maximum absolute atomic E-state index is 12.0. The van der Waals surface area contributed by atoms with Gasteiger partial charge in [-0.15, -0.1) is 0 Å². The van der Waals surface area contributed by atoms with Crippen molar-refractivity contribution < 1.29 is 0 Å². The van der Waals surface area contributed by atoms with Crippen LogP contribution >= 0.6 is 15.9 Å². The molecule has 0 saturated carbocycles. The molecule has 0 radical (unpaired) electrons. The molecule has 17 heavy (non-hydrogen) atoms. The third-order valence-electron chi connectivity index (χ3n) is 2.51. The Hall–Kier alpha value is -1.29. The van der Waals surface area contributed by atoms with Crippen LogP contribution < -0.4 is 5.56 Å². The van der Waals surface area contributed by atoms with Crippen LogP contribution in [0.15, 0.2) is 39.6 Å². The van der Waals surface area contributed by atoms with Gasteiger partial charge in [0, 0.05) is 12.1 Å². The number of aromatic amines is 1. The number of nitrogens with zero attached hydrogens (tertiary/aromatic N) is 1. The molecule has 4 heteroatoms. The number of hydrogen-bond donors (Lipinski definition) is 1. The second kappa shape index (κ2) is 4.92. The SMILES string of the molecule is CC(C)Cn1[nH]c(-c2ccccc2)c(Br)c1=O. The van der Waals surface area contributed by atoms with Crippen LogP contribution in [0.2, 0.25) is 0 Å². The summed E-state index contributed by atoms with van der Waals surface area (Å²) in [6.07, 6.45) is 0. The van der Waals surface area contributed by atoms with Crippen molar-refractivity contribution in [2.24, 2.45) is 5.92 Å². The van der Waals surface area contributed by atoms with E-state index < -0.39 is 0 Å². The molecule has 3 nitrogen and oxygen atoms in total. The highest BCUT2D eigenvalue weighted by Crippen LogP contribution is 2.23. The zero-order valence-corrected chi connectivity index (χ0v) is 11.5. The fraction of sp³-hybridized carbons (Fsp3) is 0.308. The van der Waals surface area contributed by atoms with E-state index in [4.69, 9.17) is 0 Å². The summed E-state index contributed by atoms with van der Waals surface area (Å²) in [5, 5.41) is 3.15. The largest absolute Gasteiger partial charge is 0.294 e. The summed E-state index contributed by atoms with van der Waals surface area (Å²) >= 11 is 3.36. The van der Waals surface area contributed by atoms with Crippen molar-refractivity contribution in [2.45, 2.75) is 20.4 Å². The molecule has 0 unspecified atom stereocenters. The van der Waals surface area contributed by atoms with Gasteiger partial charge < -0.3 is 0 Å². The van der Waals surface area contributed by atoms with Crippen molar-refractivity contribution in [1.82, 2.24) is 9.78 Å². The predicted molar refractivity (Wildman–Crippen MR) is 73.0 cm³/mol. The van der Waals surface area contributed by atoms with Crippen LogP contribution in [0.4, 0.5) is 0 Å². The van der Waals surface area contributed by atoms with E-state index in [0.29, 0.717) is 16.9 Å². The van der Waals surface area contributed by atoms with E-state index in [2.05, 4.69) is 34.9 Å². The van der Waals surface area contributed by atoms with Crippen molar-refractivity contribution >= 4 is 15.9 Å². The molecule has 1 N–H and O–H groups in total. The Morgan fingerprint density at radius 1 is 1.29 bits per heavy atom. The van der Waals surface area contributed by atoms with E-state index in [1.807, 2.05) is 30.3 Å². The van der Waals surface area contributed by atoms with E-state index in [0.717, 1.165) is 11.3 Å². The quantitative estimate of drug-likeness (QED) is 0.927. The van der Waals surface area contributed by atoms with Crippen molar-refractivity contribution in [1.29, 1.82) is 0 Å². The van der Waals surface area contributed by atoms with Gasteiger partial charge in [0.1, 0.15) is 4.47 Å². The maximum atomic E-state index is 12.0. The Bertz CT molecular complexity index is 555. The molecular weight excluding hydrogens is 280 g/mol. The topological polar surface area (TPSA) is 37.8 Å². The minimum Gasteiger partial charge on any atom is -0.294 e. The average molecular weight is 295 g/mol. The van der Waals surface area contributed by atoms with Gasteiger partial charge in [0.15, 0.2) is 0 Å². The standard InChI is InChI=1S/C13H15BrN2O/c1-9(2)8-16-13(17)11(14)12(15-16)10-6-4-3-5-7-10/h3-7,9,15H,8H2,1-2H3. The maximum Gasteiger partial charge on any atom is 0.281 e. The van der Waals surface area contributed by atoms with Gasteiger partial charge in [0.05, 0.1) is 5.69 Å². The normalized spacial score (nSPS) is 11.1. The highest BCUT2D eigenvalue weighted by atomic mass is 79.9. The summed E-state index contributed by atoms with van der Waals surface area (Å²) in [4.78, 5) is 12.0. The van der Waals surface area contributed by atoms with Gasteiger partial charge >= 0.3 is 0 Å². The number of rotatable bonds is 3. The lowest BCUT2D eigenvalue weighted by molar-refractivity contribution is 0.473. The van der Waals surface area contributed by atoms with Crippen molar-refractivity contribution in [3.8, 4) is 11.3 Å². The fourth-order valence-corrected chi connectivity index (χ4v) is 2.28.